The minimum absolute atomic E-state index is 0.0206. The van der Waals surface area contributed by atoms with Crippen molar-refractivity contribution in [2.75, 3.05) is 0 Å². The molecule has 0 saturated heterocycles. The van der Waals surface area contributed by atoms with Gasteiger partial charge in [0, 0.05) is 6.54 Å². The Morgan fingerprint density at radius 1 is 1.21 bits per heavy atom. The van der Waals surface area contributed by atoms with Crippen LogP contribution in [0.2, 0.25) is 0 Å². The molecular weight excluding hydrogens is 308 g/mol. The molecule has 0 aliphatic rings. The zero-order valence-corrected chi connectivity index (χ0v) is 13.0. The van der Waals surface area contributed by atoms with Gasteiger partial charge in [-0.2, -0.15) is 0 Å². The number of aromatic nitrogens is 4. The highest BCUT2D eigenvalue weighted by Crippen LogP contribution is 2.17. The third kappa shape index (κ3) is 2.50. The molecule has 4 rings (SSSR count). The number of hydrogen-bond acceptors (Lipinski definition) is 6. The molecule has 4 aromatic rings. The number of esters is 1. The summed E-state index contributed by atoms with van der Waals surface area (Å²) in [6.07, 6.45) is 0. The minimum Gasteiger partial charge on any atom is -0.452 e. The van der Waals surface area contributed by atoms with Crippen molar-refractivity contribution in [1.82, 2.24) is 20.0 Å². The second-order valence-electron chi connectivity index (χ2n) is 5.26. The molecule has 2 aromatic carbocycles. The predicted molar refractivity (Wildman–Crippen MR) is 86.3 cm³/mol. The molecule has 2 aromatic heterocycles. The van der Waals surface area contributed by atoms with Crippen LogP contribution in [0.3, 0.4) is 0 Å². The molecule has 0 bridgehead atoms. The molecule has 0 atom stereocenters. The van der Waals surface area contributed by atoms with E-state index in [1.807, 2.05) is 37.3 Å². The summed E-state index contributed by atoms with van der Waals surface area (Å²) in [6.45, 7) is 2.68. The van der Waals surface area contributed by atoms with Crippen LogP contribution < -0.4 is 0 Å². The Morgan fingerprint density at radius 2 is 2.08 bits per heavy atom. The van der Waals surface area contributed by atoms with E-state index in [2.05, 4.69) is 15.3 Å². The van der Waals surface area contributed by atoms with Gasteiger partial charge in [0.25, 0.3) is 0 Å². The average molecular weight is 322 g/mol. The molecule has 0 spiro atoms. The summed E-state index contributed by atoms with van der Waals surface area (Å²) < 4.78 is 12.6. The first kappa shape index (κ1) is 14.4. The van der Waals surface area contributed by atoms with Crippen molar-refractivity contribution >= 4 is 28.1 Å². The zero-order valence-electron chi connectivity index (χ0n) is 13.0. The molecule has 0 radical (unpaired) electrons. The molecular formula is C17H14N4O3. The lowest BCUT2D eigenvalue weighted by Crippen LogP contribution is -2.05. The van der Waals surface area contributed by atoms with Crippen molar-refractivity contribution in [3.05, 3.63) is 53.9 Å². The van der Waals surface area contributed by atoms with E-state index in [0.29, 0.717) is 22.6 Å². The van der Waals surface area contributed by atoms with Crippen LogP contribution in [0.15, 0.2) is 46.9 Å². The molecule has 0 amide bonds. The smallest absolute Gasteiger partial charge is 0.338 e. The molecule has 120 valence electrons. The number of nitrogens with zero attached hydrogens (tertiary/aromatic N) is 4. The van der Waals surface area contributed by atoms with Gasteiger partial charge in [-0.1, -0.05) is 17.3 Å². The Morgan fingerprint density at radius 3 is 2.92 bits per heavy atom. The lowest BCUT2D eigenvalue weighted by atomic mass is 10.2. The number of fused-ring (bicyclic) bond motifs is 2. The van der Waals surface area contributed by atoms with Crippen molar-refractivity contribution < 1.29 is 13.9 Å². The number of carbonyl (C=O) groups is 1. The molecule has 0 fully saturated rings. The summed E-state index contributed by atoms with van der Waals surface area (Å²) in [5.74, 6) is -0.0900. The van der Waals surface area contributed by atoms with E-state index in [1.165, 1.54) is 0 Å². The summed E-state index contributed by atoms with van der Waals surface area (Å²) in [7, 11) is 0. The van der Waals surface area contributed by atoms with E-state index in [4.69, 9.17) is 9.15 Å². The first-order valence-electron chi connectivity index (χ1n) is 7.59. The van der Waals surface area contributed by atoms with Gasteiger partial charge in [0.15, 0.2) is 12.2 Å². The SMILES string of the molecule is CCn1nnc2cc(C(=O)OCc3nc4ccccc4o3)ccc21. The van der Waals surface area contributed by atoms with Gasteiger partial charge in [0.05, 0.1) is 11.1 Å². The molecule has 0 aliphatic carbocycles. The second kappa shape index (κ2) is 5.77. The van der Waals surface area contributed by atoms with Gasteiger partial charge in [-0.3, -0.25) is 0 Å². The third-order valence-corrected chi connectivity index (χ3v) is 3.71. The van der Waals surface area contributed by atoms with Crippen LogP contribution in [0, 0.1) is 0 Å². The van der Waals surface area contributed by atoms with Crippen LogP contribution in [-0.2, 0) is 17.9 Å². The van der Waals surface area contributed by atoms with Gasteiger partial charge in [-0.05, 0) is 37.3 Å². The van der Waals surface area contributed by atoms with E-state index in [0.717, 1.165) is 17.6 Å². The summed E-state index contributed by atoms with van der Waals surface area (Å²) in [5.41, 5.74) is 3.37. The topological polar surface area (TPSA) is 83.0 Å². The Kier molecular flexibility index (Phi) is 3.45. The van der Waals surface area contributed by atoms with Gasteiger partial charge >= 0.3 is 5.97 Å². The molecule has 0 saturated carbocycles. The molecule has 7 heteroatoms. The normalized spacial score (nSPS) is 11.2. The molecule has 2 heterocycles. The number of benzene rings is 2. The van der Waals surface area contributed by atoms with E-state index >= 15 is 0 Å². The molecule has 24 heavy (non-hydrogen) atoms. The maximum Gasteiger partial charge on any atom is 0.338 e. The Hall–Kier alpha value is -3.22. The number of ether oxygens (including phenoxy) is 1. The van der Waals surface area contributed by atoms with Crippen LogP contribution in [0.4, 0.5) is 0 Å². The molecule has 0 N–H and O–H groups in total. The number of carbonyl (C=O) groups excluding carboxylic acids is 1. The summed E-state index contributed by atoms with van der Waals surface area (Å²) in [4.78, 5) is 16.5. The highest BCUT2D eigenvalue weighted by Gasteiger charge is 2.13. The maximum atomic E-state index is 12.2. The van der Waals surface area contributed by atoms with E-state index < -0.39 is 5.97 Å². The first-order valence-corrected chi connectivity index (χ1v) is 7.59. The number of rotatable bonds is 4. The first-order chi connectivity index (χ1) is 11.7. The fourth-order valence-electron chi connectivity index (χ4n) is 2.52. The predicted octanol–water partition coefficient (Wildman–Crippen LogP) is 2.95. The lowest BCUT2D eigenvalue weighted by molar-refractivity contribution is 0.0440. The average Bonchev–Trinajstić information content (AvgIpc) is 3.22. The number of para-hydroxylation sites is 2. The van der Waals surface area contributed by atoms with Crippen molar-refractivity contribution in [2.24, 2.45) is 0 Å². The zero-order chi connectivity index (χ0) is 16.5. The molecule has 0 unspecified atom stereocenters. The highest BCUT2D eigenvalue weighted by molar-refractivity contribution is 5.93. The van der Waals surface area contributed by atoms with Crippen molar-refractivity contribution in [1.29, 1.82) is 0 Å². The van der Waals surface area contributed by atoms with E-state index in [-0.39, 0.29) is 6.61 Å². The van der Waals surface area contributed by atoms with Crippen molar-refractivity contribution in [3.63, 3.8) is 0 Å². The summed E-state index contributed by atoms with van der Waals surface area (Å²) in [5, 5.41) is 8.08. The highest BCUT2D eigenvalue weighted by atomic mass is 16.5. The van der Waals surface area contributed by atoms with Crippen LogP contribution >= 0.6 is 0 Å². The van der Waals surface area contributed by atoms with E-state index in [1.54, 1.807) is 16.8 Å². The van der Waals surface area contributed by atoms with Gasteiger partial charge in [-0.25, -0.2) is 14.5 Å². The Balaban J connectivity index is 1.51. The third-order valence-electron chi connectivity index (χ3n) is 3.71. The summed E-state index contributed by atoms with van der Waals surface area (Å²) in [6, 6.07) is 12.6. The maximum absolute atomic E-state index is 12.2. The van der Waals surface area contributed by atoms with Gasteiger partial charge in [0.2, 0.25) is 5.89 Å². The van der Waals surface area contributed by atoms with E-state index in [9.17, 15) is 4.79 Å². The molecule has 0 aliphatic heterocycles. The quantitative estimate of drug-likeness (QED) is 0.537. The molecule has 7 nitrogen and oxygen atoms in total. The monoisotopic (exact) mass is 322 g/mol. The fraction of sp³-hybridized carbons (Fsp3) is 0.176. The Labute approximate surface area is 136 Å². The minimum atomic E-state index is -0.454. The number of aryl methyl sites for hydroxylation is 1. The number of oxazole rings is 1. The van der Waals surface area contributed by atoms with Gasteiger partial charge in [-0.15, -0.1) is 5.10 Å². The standard InChI is InChI=1S/C17H14N4O3/c1-2-21-14-8-7-11(9-13(14)19-20-21)17(22)23-10-16-18-12-5-3-4-6-15(12)24-16/h3-9H,2,10H2,1H3. The van der Waals surface area contributed by atoms with Crippen LogP contribution in [0.5, 0.6) is 0 Å². The largest absolute Gasteiger partial charge is 0.452 e. The van der Waals surface area contributed by atoms with Gasteiger partial charge in [0.1, 0.15) is 11.0 Å². The van der Waals surface area contributed by atoms with Crippen LogP contribution in [0.1, 0.15) is 23.2 Å². The number of hydrogen-bond donors (Lipinski definition) is 0. The van der Waals surface area contributed by atoms with Crippen LogP contribution in [0.25, 0.3) is 22.1 Å². The van der Waals surface area contributed by atoms with Crippen LogP contribution in [-0.4, -0.2) is 25.9 Å². The lowest BCUT2D eigenvalue weighted by Gasteiger charge is -2.02. The Bertz CT molecular complexity index is 1000. The summed E-state index contributed by atoms with van der Waals surface area (Å²) >= 11 is 0. The second-order valence-corrected chi connectivity index (χ2v) is 5.26. The van der Waals surface area contributed by atoms with Crippen molar-refractivity contribution in [2.45, 2.75) is 20.1 Å². The van der Waals surface area contributed by atoms with Gasteiger partial charge < -0.3 is 9.15 Å². The fourth-order valence-corrected chi connectivity index (χ4v) is 2.52. The van der Waals surface area contributed by atoms with Crippen molar-refractivity contribution in [3.8, 4) is 0 Å².